The Bertz CT molecular complexity index is 188. The van der Waals surface area contributed by atoms with Gasteiger partial charge in [-0.1, -0.05) is 0 Å². The second-order valence-electron chi connectivity index (χ2n) is 2.44. The van der Waals surface area contributed by atoms with E-state index in [9.17, 15) is 0 Å². The SMILES string of the molecule is C1CNC(c2nnn[nH]2)C1. The minimum atomic E-state index is 0.356. The number of tetrazole rings is 1. The van der Waals surface area contributed by atoms with E-state index >= 15 is 0 Å². The monoisotopic (exact) mass is 139 g/mol. The van der Waals surface area contributed by atoms with Gasteiger partial charge in [0.05, 0.1) is 6.04 Å². The summed E-state index contributed by atoms with van der Waals surface area (Å²) < 4.78 is 0. The van der Waals surface area contributed by atoms with Gasteiger partial charge in [0.1, 0.15) is 0 Å². The van der Waals surface area contributed by atoms with E-state index in [-0.39, 0.29) is 0 Å². The summed E-state index contributed by atoms with van der Waals surface area (Å²) >= 11 is 0. The first kappa shape index (κ1) is 5.79. The first-order valence-electron chi connectivity index (χ1n) is 3.44. The second-order valence-corrected chi connectivity index (χ2v) is 2.44. The lowest BCUT2D eigenvalue weighted by Crippen LogP contribution is -2.14. The van der Waals surface area contributed by atoms with Crippen LogP contribution < -0.4 is 5.32 Å². The average Bonchev–Trinajstić information content (AvgIpc) is 2.59. The smallest absolute Gasteiger partial charge is 0.165 e. The molecule has 0 spiro atoms. The molecule has 1 atom stereocenters. The molecule has 0 aliphatic carbocycles. The third-order valence-electron chi connectivity index (χ3n) is 1.75. The molecule has 0 aromatic carbocycles. The highest BCUT2D eigenvalue weighted by atomic mass is 15.5. The van der Waals surface area contributed by atoms with Crippen LogP contribution in [-0.4, -0.2) is 27.2 Å². The zero-order valence-electron chi connectivity index (χ0n) is 5.54. The molecule has 54 valence electrons. The fraction of sp³-hybridized carbons (Fsp3) is 0.800. The molecule has 2 heterocycles. The van der Waals surface area contributed by atoms with E-state index < -0.39 is 0 Å². The van der Waals surface area contributed by atoms with E-state index in [1.807, 2.05) is 0 Å². The molecule has 10 heavy (non-hydrogen) atoms. The summed E-state index contributed by atoms with van der Waals surface area (Å²) in [6.07, 6.45) is 2.35. The molecule has 5 nitrogen and oxygen atoms in total. The van der Waals surface area contributed by atoms with Crippen molar-refractivity contribution in [3.05, 3.63) is 5.82 Å². The third-order valence-corrected chi connectivity index (χ3v) is 1.75. The van der Waals surface area contributed by atoms with Gasteiger partial charge in [0.2, 0.25) is 0 Å². The fourth-order valence-electron chi connectivity index (χ4n) is 1.23. The fourth-order valence-corrected chi connectivity index (χ4v) is 1.23. The van der Waals surface area contributed by atoms with Crippen LogP contribution >= 0.6 is 0 Å². The van der Waals surface area contributed by atoms with Gasteiger partial charge in [0.25, 0.3) is 0 Å². The number of nitrogens with one attached hydrogen (secondary N) is 2. The van der Waals surface area contributed by atoms with Crippen molar-refractivity contribution in [3.8, 4) is 0 Å². The molecule has 1 unspecified atom stereocenters. The van der Waals surface area contributed by atoms with Gasteiger partial charge in [-0.15, -0.1) is 5.10 Å². The Labute approximate surface area is 58.2 Å². The maximum absolute atomic E-state index is 3.82. The van der Waals surface area contributed by atoms with Gasteiger partial charge in [0.15, 0.2) is 5.82 Å². The minimum absolute atomic E-state index is 0.356. The van der Waals surface area contributed by atoms with Crippen LogP contribution in [-0.2, 0) is 0 Å². The predicted octanol–water partition coefficient (Wildman–Crippen LogP) is -0.376. The van der Waals surface area contributed by atoms with E-state index in [1.165, 1.54) is 6.42 Å². The molecule has 2 rings (SSSR count). The molecule has 1 aliphatic heterocycles. The van der Waals surface area contributed by atoms with Gasteiger partial charge >= 0.3 is 0 Å². The third kappa shape index (κ3) is 0.881. The summed E-state index contributed by atoms with van der Waals surface area (Å²) in [7, 11) is 0. The number of rotatable bonds is 1. The molecule has 1 aromatic heterocycles. The number of nitrogens with zero attached hydrogens (tertiary/aromatic N) is 3. The number of hydrogen-bond donors (Lipinski definition) is 2. The highest BCUT2D eigenvalue weighted by Gasteiger charge is 2.18. The maximum Gasteiger partial charge on any atom is 0.165 e. The maximum atomic E-state index is 3.82. The van der Waals surface area contributed by atoms with Gasteiger partial charge < -0.3 is 5.32 Å². The minimum Gasteiger partial charge on any atom is -0.307 e. The lowest BCUT2D eigenvalue weighted by atomic mass is 10.2. The first-order valence-corrected chi connectivity index (χ1v) is 3.44. The number of H-pyrrole nitrogens is 1. The van der Waals surface area contributed by atoms with E-state index in [0.29, 0.717) is 6.04 Å². The lowest BCUT2D eigenvalue weighted by molar-refractivity contribution is 0.606. The number of aromatic amines is 1. The van der Waals surface area contributed by atoms with Crippen molar-refractivity contribution in [3.63, 3.8) is 0 Å². The molecule has 5 heteroatoms. The van der Waals surface area contributed by atoms with Crippen molar-refractivity contribution < 1.29 is 0 Å². The molecular weight excluding hydrogens is 130 g/mol. The van der Waals surface area contributed by atoms with Gasteiger partial charge in [-0.2, -0.15) is 0 Å². The van der Waals surface area contributed by atoms with E-state index in [0.717, 1.165) is 18.8 Å². The summed E-state index contributed by atoms with van der Waals surface area (Å²) in [5.41, 5.74) is 0. The molecule has 0 bridgehead atoms. The second kappa shape index (κ2) is 2.34. The lowest BCUT2D eigenvalue weighted by Gasteiger charge is -2.01. The highest BCUT2D eigenvalue weighted by Crippen LogP contribution is 2.17. The molecular formula is C5H9N5. The Kier molecular flexibility index (Phi) is 1.35. The van der Waals surface area contributed by atoms with Crippen molar-refractivity contribution in [2.24, 2.45) is 0 Å². The van der Waals surface area contributed by atoms with Crippen molar-refractivity contribution in [1.82, 2.24) is 25.9 Å². The first-order chi connectivity index (χ1) is 4.97. The van der Waals surface area contributed by atoms with Crippen molar-refractivity contribution in [1.29, 1.82) is 0 Å². The van der Waals surface area contributed by atoms with Crippen LogP contribution in [0.2, 0.25) is 0 Å². The molecule has 0 saturated carbocycles. The van der Waals surface area contributed by atoms with Gasteiger partial charge in [0, 0.05) is 0 Å². The summed E-state index contributed by atoms with van der Waals surface area (Å²) in [4.78, 5) is 0. The van der Waals surface area contributed by atoms with Crippen LogP contribution in [0.15, 0.2) is 0 Å². The van der Waals surface area contributed by atoms with Crippen LogP contribution in [0, 0.1) is 0 Å². The Morgan fingerprint density at radius 1 is 1.50 bits per heavy atom. The molecule has 1 fully saturated rings. The summed E-state index contributed by atoms with van der Waals surface area (Å²) in [6, 6.07) is 0.356. The molecule has 2 N–H and O–H groups in total. The average molecular weight is 139 g/mol. The molecule has 0 amide bonds. The zero-order valence-corrected chi connectivity index (χ0v) is 5.54. The van der Waals surface area contributed by atoms with Crippen LogP contribution in [0.5, 0.6) is 0 Å². The van der Waals surface area contributed by atoms with Crippen LogP contribution in [0.25, 0.3) is 0 Å². The topological polar surface area (TPSA) is 66.5 Å². The van der Waals surface area contributed by atoms with Crippen LogP contribution in [0.1, 0.15) is 24.7 Å². The normalized spacial score (nSPS) is 25.4. The molecule has 1 aliphatic rings. The highest BCUT2D eigenvalue weighted by molar-refractivity contribution is 4.91. The standard InChI is InChI=1S/C5H9N5/c1-2-4(6-3-1)5-7-9-10-8-5/h4,6H,1-3H2,(H,7,8,9,10). The molecule has 0 radical (unpaired) electrons. The zero-order chi connectivity index (χ0) is 6.81. The van der Waals surface area contributed by atoms with Crippen molar-refractivity contribution in [2.45, 2.75) is 18.9 Å². The number of hydrogen-bond acceptors (Lipinski definition) is 4. The Hall–Kier alpha value is -0.970. The van der Waals surface area contributed by atoms with Gasteiger partial charge in [-0.05, 0) is 29.8 Å². The van der Waals surface area contributed by atoms with Crippen molar-refractivity contribution in [2.75, 3.05) is 6.54 Å². The van der Waals surface area contributed by atoms with Crippen molar-refractivity contribution >= 4 is 0 Å². The predicted molar refractivity (Wildman–Crippen MR) is 34.2 cm³/mol. The molecule has 1 saturated heterocycles. The Balaban J connectivity index is 2.12. The largest absolute Gasteiger partial charge is 0.307 e. The number of aromatic nitrogens is 4. The summed E-state index contributed by atoms with van der Waals surface area (Å²) in [6.45, 7) is 1.07. The quantitative estimate of drug-likeness (QED) is 0.556. The Morgan fingerprint density at radius 2 is 2.50 bits per heavy atom. The van der Waals surface area contributed by atoms with Crippen LogP contribution in [0.3, 0.4) is 0 Å². The van der Waals surface area contributed by atoms with E-state index in [2.05, 4.69) is 25.9 Å². The summed E-state index contributed by atoms with van der Waals surface area (Å²) in [5.74, 6) is 0.859. The van der Waals surface area contributed by atoms with Crippen LogP contribution in [0.4, 0.5) is 0 Å². The van der Waals surface area contributed by atoms with E-state index in [4.69, 9.17) is 0 Å². The van der Waals surface area contributed by atoms with E-state index in [1.54, 1.807) is 0 Å². The van der Waals surface area contributed by atoms with Gasteiger partial charge in [-0.25, -0.2) is 5.10 Å². The Morgan fingerprint density at radius 3 is 3.10 bits per heavy atom. The van der Waals surface area contributed by atoms with Gasteiger partial charge in [-0.3, -0.25) is 0 Å². The summed E-state index contributed by atoms with van der Waals surface area (Å²) in [5, 5.41) is 16.9. The molecule has 1 aromatic rings.